The highest BCUT2D eigenvalue weighted by Crippen LogP contribution is 2.28. The second-order valence-electron chi connectivity index (χ2n) is 7.98. The van der Waals surface area contributed by atoms with Crippen molar-refractivity contribution in [3.63, 3.8) is 0 Å². The molecule has 2 unspecified atom stereocenters. The summed E-state index contributed by atoms with van der Waals surface area (Å²) in [6.45, 7) is 2.90. The van der Waals surface area contributed by atoms with Gasteiger partial charge in [0.25, 0.3) is 0 Å². The molecule has 0 radical (unpaired) electrons. The van der Waals surface area contributed by atoms with Gasteiger partial charge >= 0.3 is 0 Å². The predicted octanol–water partition coefficient (Wildman–Crippen LogP) is 2.98. The lowest BCUT2D eigenvalue weighted by atomic mass is 10.1. The molecule has 7 nitrogen and oxygen atoms in total. The molecule has 2 amide bonds. The molecule has 30 heavy (non-hydrogen) atoms. The van der Waals surface area contributed by atoms with Crippen molar-refractivity contribution in [1.82, 2.24) is 10.2 Å². The van der Waals surface area contributed by atoms with Crippen LogP contribution in [0.3, 0.4) is 0 Å². The molecule has 2 aromatic rings. The fourth-order valence-corrected chi connectivity index (χ4v) is 4.36. The molecule has 0 aliphatic carbocycles. The Labute approximate surface area is 177 Å². The van der Waals surface area contributed by atoms with Crippen molar-refractivity contribution in [2.75, 3.05) is 38.2 Å². The maximum Gasteiger partial charge on any atom is 0.227 e. The van der Waals surface area contributed by atoms with E-state index in [9.17, 15) is 9.59 Å². The van der Waals surface area contributed by atoms with E-state index in [0.717, 1.165) is 30.3 Å². The zero-order valence-electron chi connectivity index (χ0n) is 17.4. The van der Waals surface area contributed by atoms with Crippen LogP contribution in [0, 0.1) is 5.92 Å². The minimum atomic E-state index is -0.349. The third-order valence-electron chi connectivity index (χ3n) is 6.05. The van der Waals surface area contributed by atoms with Gasteiger partial charge in [-0.2, -0.15) is 0 Å². The van der Waals surface area contributed by atoms with Crippen molar-refractivity contribution in [3.8, 4) is 5.75 Å². The number of ether oxygens (including phenoxy) is 1. The number of nitrogens with zero attached hydrogens (tertiary/aromatic N) is 2. The molecule has 0 spiro atoms. The summed E-state index contributed by atoms with van der Waals surface area (Å²) < 4.78 is 10.8. The zero-order chi connectivity index (χ0) is 20.9. The number of likely N-dealkylation sites (tertiary alicyclic amines) is 1. The lowest BCUT2D eigenvalue weighted by Gasteiger charge is -2.33. The number of benzene rings is 1. The average Bonchev–Trinajstić information content (AvgIpc) is 3.45. The molecule has 1 aromatic heterocycles. The molecule has 2 fully saturated rings. The lowest BCUT2D eigenvalue weighted by molar-refractivity contribution is -0.126. The van der Waals surface area contributed by atoms with Crippen molar-refractivity contribution in [2.45, 2.75) is 31.7 Å². The maximum atomic E-state index is 12.9. The molecule has 7 heteroatoms. The van der Waals surface area contributed by atoms with Gasteiger partial charge in [0, 0.05) is 25.2 Å². The minimum absolute atomic E-state index is 0.0269. The van der Waals surface area contributed by atoms with Crippen molar-refractivity contribution in [3.05, 3.63) is 48.4 Å². The number of hydrogen-bond acceptors (Lipinski definition) is 5. The summed E-state index contributed by atoms with van der Waals surface area (Å²) in [7, 11) is 1.61. The minimum Gasteiger partial charge on any atom is -0.497 e. The Morgan fingerprint density at radius 1 is 1.20 bits per heavy atom. The van der Waals surface area contributed by atoms with E-state index in [-0.39, 0.29) is 30.2 Å². The summed E-state index contributed by atoms with van der Waals surface area (Å²) in [6, 6.07) is 11.2. The number of amides is 2. The molecule has 0 bridgehead atoms. The van der Waals surface area contributed by atoms with Crippen LogP contribution in [0.1, 0.15) is 37.5 Å². The molecular weight excluding hydrogens is 382 g/mol. The van der Waals surface area contributed by atoms with Crippen LogP contribution < -0.4 is 15.0 Å². The third kappa shape index (κ3) is 4.51. The molecule has 2 aliphatic heterocycles. The molecule has 1 N–H and O–H groups in total. The van der Waals surface area contributed by atoms with Gasteiger partial charge in [-0.15, -0.1) is 0 Å². The van der Waals surface area contributed by atoms with Crippen LogP contribution in [0.2, 0.25) is 0 Å². The average molecular weight is 412 g/mol. The molecule has 0 saturated carbocycles. The first-order valence-corrected chi connectivity index (χ1v) is 10.7. The highest BCUT2D eigenvalue weighted by atomic mass is 16.5. The second kappa shape index (κ2) is 9.34. The van der Waals surface area contributed by atoms with E-state index < -0.39 is 0 Å². The largest absolute Gasteiger partial charge is 0.497 e. The fraction of sp³-hybridized carbons (Fsp3) is 0.478. The molecule has 2 saturated heterocycles. The van der Waals surface area contributed by atoms with Crippen LogP contribution in [-0.2, 0) is 9.59 Å². The fourth-order valence-electron chi connectivity index (χ4n) is 4.36. The number of anilines is 1. The second-order valence-corrected chi connectivity index (χ2v) is 7.98. The molecule has 4 rings (SSSR count). The first-order chi connectivity index (χ1) is 14.7. The van der Waals surface area contributed by atoms with Gasteiger partial charge < -0.3 is 19.4 Å². The number of nitrogens with one attached hydrogen (secondary N) is 1. The van der Waals surface area contributed by atoms with E-state index in [0.29, 0.717) is 13.1 Å². The number of hydrogen-bond donors (Lipinski definition) is 1. The van der Waals surface area contributed by atoms with Crippen LogP contribution in [0.25, 0.3) is 0 Å². The van der Waals surface area contributed by atoms with Gasteiger partial charge in [0.2, 0.25) is 11.8 Å². The monoisotopic (exact) mass is 411 g/mol. The Balaban J connectivity index is 1.37. The van der Waals surface area contributed by atoms with Crippen LogP contribution >= 0.6 is 0 Å². The van der Waals surface area contributed by atoms with Crippen LogP contribution in [-0.4, -0.2) is 50.0 Å². The molecule has 2 atom stereocenters. The Kier molecular flexibility index (Phi) is 6.38. The Bertz CT molecular complexity index is 844. The normalized spacial score (nSPS) is 20.9. The number of piperidine rings is 1. The van der Waals surface area contributed by atoms with Crippen molar-refractivity contribution < 1.29 is 18.7 Å². The van der Waals surface area contributed by atoms with Crippen molar-refractivity contribution in [1.29, 1.82) is 0 Å². The number of carbonyl (C=O) groups is 2. The number of rotatable bonds is 7. The summed E-state index contributed by atoms with van der Waals surface area (Å²) in [5.74, 6) is 1.16. The van der Waals surface area contributed by atoms with Crippen molar-refractivity contribution >= 4 is 17.5 Å². The third-order valence-corrected chi connectivity index (χ3v) is 6.05. The van der Waals surface area contributed by atoms with Gasteiger partial charge in [-0.1, -0.05) is 6.42 Å². The topological polar surface area (TPSA) is 75.0 Å². The molecule has 160 valence electrons. The number of furan rings is 1. The van der Waals surface area contributed by atoms with E-state index in [1.807, 2.05) is 36.4 Å². The highest BCUT2D eigenvalue weighted by molar-refractivity contribution is 6.00. The summed E-state index contributed by atoms with van der Waals surface area (Å²) in [6.07, 6.45) is 5.49. The first kappa shape index (κ1) is 20.5. The molecular formula is C23H29N3O4. The number of methoxy groups -OCH3 is 1. The molecule has 2 aliphatic rings. The van der Waals surface area contributed by atoms with Crippen LogP contribution in [0.15, 0.2) is 47.1 Å². The van der Waals surface area contributed by atoms with Crippen LogP contribution in [0.4, 0.5) is 5.69 Å². The van der Waals surface area contributed by atoms with Crippen molar-refractivity contribution in [2.24, 2.45) is 5.92 Å². The Hall–Kier alpha value is -2.80. The van der Waals surface area contributed by atoms with E-state index in [4.69, 9.17) is 9.15 Å². The molecule has 3 heterocycles. The van der Waals surface area contributed by atoms with Gasteiger partial charge in [-0.3, -0.25) is 14.5 Å². The first-order valence-electron chi connectivity index (χ1n) is 10.7. The van der Waals surface area contributed by atoms with E-state index in [1.165, 1.54) is 19.3 Å². The van der Waals surface area contributed by atoms with Gasteiger partial charge in [-0.05, 0) is 62.3 Å². The van der Waals surface area contributed by atoms with Gasteiger partial charge in [0.05, 0.1) is 25.3 Å². The standard InChI is InChI=1S/C23H29N3O4/c1-29-19-9-7-18(8-10-19)26-16-17(14-22(26)27)23(28)24-15-20(21-6-5-13-30-21)25-11-3-2-4-12-25/h5-10,13,17,20H,2-4,11-12,14-16H2,1H3,(H,24,28). The lowest BCUT2D eigenvalue weighted by Crippen LogP contribution is -2.42. The summed E-state index contributed by atoms with van der Waals surface area (Å²) in [4.78, 5) is 29.4. The Morgan fingerprint density at radius 3 is 2.63 bits per heavy atom. The van der Waals surface area contributed by atoms with Gasteiger partial charge in [0.1, 0.15) is 11.5 Å². The van der Waals surface area contributed by atoms with E-state index >= 15 is 0 Å². The van der Waals surface area contributed by atoms with Gasteiger partial charge in [-0.25, -0.2) is 0 Å². The van der Waals surface area contributed by atoms with Gasteiger partial charge in [0.15, 0.2) is 0 Å². The Morgan fingerprint density at radius 2 is 1.97 bits per heavy atom. The summed E-state index contributed by atoms with van der Waals surface area (Å²) in [5.41, 5.74) is 0.790. The zero-order valence-corrected chi connectivity index (χ0v) is 17.4. The molecule has 1 aromatic carbocycles. The van der Waals surface area contributed by atoms with E-state index in [1.54, 1.807) is 18.3 Å². The highest BCUT2D eigenvalue weighted by Gasteiger charge is 2.35. The summed E-state index contributed by atoms with van der Waals surface area (Å²) >= 11 is 0. The number of carbonyl (C=O) groups excluding carboxylic acids is 2. The quantitative estimate of drug-likeness (QED) is 0.758. The predicted molar refractivity (Wildman–Crippen MR) is 113 cm³/mol. The smallest absolute Gasteiger partial charge is 0.227 e. The van der Waals surface area contributed by atoms with Crippen LogP contribution in [0.5, 0.6) is 5.75 Å². The summed E-state index contributed by atoms with van der Waals surface area (Å²) in [5, 5.41) is 3.08. The maximum absolute atomic E-state index is 12.9. The SMILES string of the molecule is COc1ccc(N2CC(C(=O)NCC(c3ccco3)N3CCCCC3)CC2=O)cc1. The van der Waals surface area contributed by atoms with E-state index in [2.05, 4.69) is 10.2 Å².